The zero-order valence-corrected chi connectivity index (χ0v) is 20.4. The summed E-state index contributed by atoms with van der Waals surface area (Å²) < 4.78 is 5.24. The van der Waals surface area contributed by atoms with Crippen LogP contribution in [0.3, 0.4) is 0 Å². The third kappa shape index (κ3) is 8.93. The van der Waals surface area contributed by atoms with Crippen LogP contribution in [0.5, 0.6) is 0 Å². The maximum Gasteiger partial charge on any atom is 0.475 e. The molecule has 0 unspecified atom stereocenters. The fraction of sp³-hybridized carbons (Fsp3) is 0.346. The second-order valence-corrected chi connectivity index (χ2v) is 8.38. The molecule has 0 heterocycles. The number of nitriles is 1. The zero-order chi connectivity index (χ0) is 25.8. The maximum absolute atomic E-state index is 12.2. The van der Waals surface area contributed by atoms with Gasteiger partial charge in [0.15, 0.2) is 0 Å². The summed E-state index contributed by atoms with van der Waals surface area (Å²) in [6, 6.07) is 18.9. The van der Waals surface area contributed by atoms with Crippen LogP contribution in [0.25, 0.3) is 6.08 Å². The Hall–Kier alpha value is -3.61. The Labute approximate surface area is 207 Å². The molecule has 0 aliphatic heterocycles. The number of rotatable bonds is 11. The van der Waals surface area contributed by atoms with Crippen molar-refractivity contribution in [2.24, 2.45) is 0 Å². The van der Waals surface area contributed by atoms with Crippen molar-refractivity contribution in [3.63, 3.8) is 0 Å². The minimum absolute atomic E-state index is 0.0937. The van der Waals surface area contributed by atoms with E-state index in [0.717, 1.165) is 16.7 Å². The molecule has 8 nitrogen and oxygen atoms in total. The summed E-state index contributed by atoms with van der Waals surface area (Å²) in [4.78, 5) is 14.0. The van der Waals surface area contributed by atoms with Gasteiger partial charge in [0.2, 0.25) is 0 Å². The number of carbonyl (C=O) groups is 1. The van der Waals surface area contributed by atoms with Gasteiger partial charge in [-0.3, -0.25) is 5.41 Å². The lowest BCUT2D eigenvalue weighted by molar-refractivity contribution is 0.144. The fourth-order valence-corrected chi connectivity index (χ4v) is 3.65. The first-order chi connectivity index (χ1) is 16.7. The molecule has 184 valence electrons. The molecule has 2 aromatic carbocycles. The number of nitrogens with zero attached hydrogens (tertiary/aromatic N) is 2. The minimum Gasteiger partial charge on any atom is -0.449 e. The van der Waals surface area contributed by atoms with Gasteiger partial charge in [0.1, 0.15) is 11.9 Å². The lowest BCUT2D eigenvalue weighted by atomic mass is 9.76. The first kappa shape index (κ1) is 27.6. The second-order valence-electron chi connectivity index (χ2n) is 8.38. The molecule has 0 aliphatic carbocycles. The number of alkyl carbamates (subject to hydrolysis) is 1. The lowest BCUT2D eigenvalue weighted by Crippen LogP contribution is -2.48. The molecule has 1 atom stereocenters. The predicted molar refractivity (Wildman–Crippen MR) is 138 cm³/mol. The quantitative estimate of drug-likeness (QED) is 0.171. The van der Waals surface area contributed by atoms with Crippen molar-refractivity contribution in [1.82, 2.24) is 10.2 Å². The smallest absolute Gasteiger partial charge is 0.449 e. The van der Waals surface area contributed by atoms with E-state index in [-0.39, 0.29) is 30.5 Å². The van der Waals surface area contributed by atoms with E-state index in [9.17, 15) is 20.1 Å². The summed E-state index contributed by atoms with van der Waals surface area (Å²) in [5.74, 6) is -0.710. The van der Waals surface area contributed by atoms with E-state index in [0.29, 0.717) is 13.0 Å². The van der Waals surface area contributed by atoms with Gasteiger partial charge in [-0.2, -0.15) is 5.26 Å². The summed E-state index contributed by atoms with van der Waals surface area (Å²) in [6.07, 6.45) is 1.64. The Kier molecular flexibility index (Phi) is 11.0. The van der Waals surface area contributed by atoms with Crippen molar-refractivity contribution >= 4 is 25.1 Å². The molecule has 0 saturated heterocycles. The Morgan fingerprint density at radius 1 is 1.20 bits per heavy atom. The first-order valence-corrected chi connectivity index (χ1v) is 11.6. The molecule has 0 saturated carbocycles. The van der Waals surface area contributed by atoms with Gasteiger partial charge in [0, 0.05) is 19.0 Å². The van der Waals surface area contributed by atoms with Gasteiger partial charge in [-0.1, -0.05) is 54.6 Å². The van der Waals surface area contributed by atoms with Gasteiger partial charge < -0.3 is 25.0 Å². The first-order valence-electron chi connectivity index (χ1n) is 11.6. The van der Waals surface area contributed by atoms with Crippen LogP contribution in [0, 0.1) is 16.7 Å². The summed E-state index contributed by atoms with van der Waals surface area (Å²) in [6.45, 7) is 6.64. The average Bonchev–Trinajstić information content (AvgIpc) is 2.83. The molecule has 0 fully saturated rings. The molecule has 2 aromatic rings. The van der Waals surface area contributed by atoms with Crippen LogP contribution in [0.1, 0.15) is 37.5 Å². The topological polar surface area (TPSA) is 130 Å². The number of hydrogen-bond donors (Lipinski definition) is 4. The van der Waals surface area contributed by atoms with Crippen molar-refractivity contribution in [2.45, 2.75) is 45.6 Å². The molecule has 0 aliphatic rings. The van der Waals surface area contributed by atoms with Crippen LogP contribution in [-0.2, 0) is 17.6 Å². The maximum atomic E-state index is 12.2. The van der Waals surface area contributed by atoms with Gasteiger partial charge in [0.25, 0.3) is 0 Å². The van der Waals surface area contributed by atoms with Crippen molar-refractivity contribution in [2.75, 3.05) is 13.2 Å². The summed E-state index contributed by atoms with van der Waals surface area (Å²) in [5.41, 5.74) is 2.81. The third-order valence-electron chi connectivity index (χ3n) is 5.47. The van der Waals surface area contributed by atoms with Gasteiger partial charge in [-0.25, -0.2) is 4.79 Å². The number of amidine groups is 1. The molecule has 0 aromatic heterocycles. The van der Waals surface area contributed by atoms with Crippen molar-refractivity contribution in [1.29, 1.82) is 10.7 Å². The van der Waals surface area contributed by atoms with Crippen LogP contribution >= 0.6 is 0 Å². The Morgan fingerprint density at radius 3 is 2.49 bits per heavy atom. The number of likely N-dealkylation sites (N-methyl/N-ethyl adjacent to an activating group) is 1. The van der Waals surface area contributed by atoms with E-state index in [1.54, 1.807) is 6.08 Å². The van der Waals surface area contributed by atoms with Gasteiger partial charge in [-0.15, -0.1) is 0 Å². The highest BCUT2D eigenvalue weighted by molar-refractivity contribution is 6.43. The summed E-state index contributed by atoms with van der Waals surface area (Å²) in [7, 11) is -1.72. The molecule has 0 radical (unpaired) electrons. The van der Waals surface area contributed by atoms with E-state index < -0.39 is 19.2 Å². The molecule has 2 rings (SSSR count). The van der Waals surface area contributed by atoms with Gasteiger partial charge in [-0.05, 0) is 50.0 Å². The minimum atomic E-state index is -1.72. The lowest BCUT2D eigenvalue weighted by Gasteiger charge is -2.27. The molecular weight excluding hydrogens is 443 g/mol. The van der Waals surface area contributed by atoms with Crippen LogP contribution in [0.15, 0.2) is 60.2 Å². The molecular formula is C26H33BN4O4. The molecule has 1 amide bonds. The number of amides is 1. The van der Waals surface area contributed by atoms with Crippen molar-refractivity contribution in [3.8, 4) is 6.07 Å². The van der Waals surface area contributed by atoms with Crippen LogP contribution in [0.4, 0.5) is 4.79 Å². The van der Waals surface area contributed by atoms with E-state index in [2.05, 4.69) is 11.4 Å². The van der Waals surface area contributed by atoms with Crippen molar-refractivity contribution in [3.05, 3.63) is 76.9 Å². The monoisotopic (exact) mass is 476 g/mol. The summed E-state index contributed by atoms with van der Waals surface area (Å²) in [5, 5.41) is 39.7. The number of benzene rings is 2. The Morgan fingerprint density at radius 2 is 1.89 bits per heavy atom. The Bertz CT molecular complexity index is 1050. The molecule has 35 heavy (non-hydrogen) atoms. The van der Waals surface area contributed by atoms with Crippen LogP contribution in [-0.4, -0.2) is 59.1 Å². The third-order valence-corrected chi connectivity index (χ3v) is 5.47. The van der Waals surface area contributed by atoms with E-state index >= 15 is 0 Å². The van der Waals surface area contributed by atoms with E-state index in [1.807, 2.05) is 80.3 Å². The number of ether oxygens (including phenoxy) is 1. The number of hydrogen-bond acceptors (Lipinski definition) is 6. The zero-order valence-electron chi connectivity index (χ0n) is 20.4. The standard InChI is InChI=1S/C26H33BN4O4/c1-4-31(19(2)3)25(29)23(18-28)16-22-12-8-11-21(15-22)13-14-35-26(32)30-24(27(33)34)17-20-9-6-5-7-10-20/h5-12,15-16,19,24,29,33-34H,4,13-14,17H2,1-3H3,(H,30,32)/t24-/m0/s1. The van der Waals surface area contributed by atoms with Crippen LogP contribution in [0.2, 0.25) is 0 Å². The van der Waals surface area contributed by atoms with Gasteiger partial charge >= 0.3 is 13.2 Å². The normalized spacial score (nSPS) is 12.0. The second kappa shape index (κ2) is 13.9. The number of carbonyl (C=O) groups excluding carboxylic acids is 1. The summed E-state index contributed by atoms with van der Waals surface area (Å²) >= 11 is 0. The number of nitrogens with one attached hydrogen (secondary N) is 2. The van der Waals surface area contributed by atoms with E-state index in [1.165, 1.54) is 0 Å². The molecule has 9 heteroatoms. The highest BCUT2D eigenvalue weighted by Gasteiger charge is 2.26. The highest BCUT2D eigenvalue weighted by Crippen LogP contribution is 2.14. The average molecular weight is 476 g/mol. The molecule has 0 spiro atoms. The molecule has 0 bridgehead atoms. The van der Waals surface area contributed by atoms with Gasteiger partial charge in [0.05, 0.1) is 18.1 Å². The van der Waals surface area contributed by atoms with Crippen molar-refractivity contribution < 1.29 is 19.6 Å². The Balaban J connectivity index is 1.95. The fourth-order valence-electron chi connectivity index (χ4n) is 3.65. The van der Waals surface area contributed by atoms with Crippen LogP contribution < -0.4 is 5.32 Å². The molecule has 4 N–H and O–H groups in total. The SMILES string of the molecule is CCN(C(=N)C(C#N)=Cc1cccc(CCOC(=O)N[C@@H](Cc2ccccc2)B(O)O)c1)C(C)C. The van der Waals surface area contributed by atoms with E-state index in [4.69, 9.17) is 10.1 Å². The largest absolute Gasteiger partial charge is 0.475 e. The highest BCUT2D eigenvalue weighted by atomic mass is 16.5. The predicted octanol–water partition coefficient (Wildman–Crippen LogP) is 3.19.